The van der Waals surface area contributed by atoms with Gasteiger partial charge in [0.2, 0.25) is 0 Å². The second-order valence-corrected chi connectivity index (χ2v) is 17.4. The van der Waals surface area contributed by atoms with Crippen LogP contribution >= 0.6 is 0 Å². The quantitative estimate of drug-likeness (QED) is 0.0262. The van der Waals surface area contributed by atoms with Crippen molar-refractivity contribution in [1.29, 1.82) is 0 Å². The molecule has 0 bridgehead atoms. The average molecular weight is 951 g/mol. The summed E-state index contributed by atoms with van der Waals surface area (Å²) in [5.41, 5.74) is 0. The molecular formula is C63H98O6. The molecule has 0 aliphatic heterocycles. The minimum Gasteiger partial charge on any atom is -0.462 e. The fourth-order valence-corrected chi connectivity index (χ4v) is 6.80. The summed E-state index contributed by atoms with van der Waals surface area (Å²) in [6.45, 7) is 6.29. The third-order valence-electron chi connectivity index (χ3n) is 10.8. The van der Waals surface area contributed by atoms with Crippen molar-refractivity contribution >= 4 is 17.9 Å². The highest BCUT2D eigenvalue weighted by Gasteiger charge is 2.19. The van der Waals surface area contributed by atoms with Crippen LogP contribution in [0.3, 0.4) is 0 Å². The number of rotatable bonds is 47. The summed E-state index contributed by atoms with van der Waals surface area (Å²) < 4.78 is 16.7. The highest BCUT2D eigenvalue weighted by molar-refractivity contribution is 5.71. The summed E-state index contributed by atoms with van der Waals surface area (Å²) >= 11 is 0. The van der Waals surface area contributed by atoms with Crippen molar-refractivity contribution in [1.82, 2.24) is 0 Å². The number of carbonyl (C=O) groups is 3. The van der Waals surface area contributed by atoms with E-state index < -0.39 is 6.10 Å². The maximum atomic E-state index is 12.8. The van der Waals surface area contributed by atoms with Gasteiger partial charge in [-0.3, -0.25) is 14.4 Å². The highest BCUT2D eigenvalue weighted by atomic mass is 16.6. The van der Waals surface area contributed by atoms with Crippen molar-refractivity contribution in [2.75, 3.05) is 13.2 Å². The van der Waals surface area contributed by atoms with Crippen LogP contribution in [0.15, 0.2) is 146 Å². The molecule has 0 radical (unpaired) electrons. The molecule has 0 saturated carbocycles. The molecule has 6 nitrogen and oxygen atoms in total. The second kappa shape index (κ2) is 55.9. The van der Waals surface area contributed by atoms with Gasteiger partial charge >= 0.3 is 17.9 Å². The molecule has 0 fully saturated rings. The van der Waals surface area contributed by atoms with Gasteiger partial charge in [-0.1, -0.05) is 218 Å². The Hall–Kier alpha value is -4.71. The van der Waals surface area contributed by atoms with Crippen LogP contribution in [-0.4, -0.2) is 37.2 Å². The van der Waals surface area contributed by atoms with E-state index in [1.165, 1.54) is 25.7 Å². The van der Waals surface area contributed by atoms with Crippen LogP contribution in [0.2, 0.25) is 0 Å². The van der Waals surface area contributed by atoms with Gasteiger partial charge in [-0.2, -0.15) is 0 Å². The van der Waals surface area contributed by atoms with E-state index in [9.17, 15) is 14.4 Å². The largest absolute Gasteiger partial charge is 0.462 e. The Bertz CT molecular complexity index is 1560. The predicted molar refractivity (Wildman–Crippen MR) is 297 cm³/mol. The molecule has 0 amide bonds. The molecule has 0 aliphatic carbocycles. The van der Waals surface area contributed by atoms with Crippen molar-refractivity contribution in [3.8, 4) is 0 Å². The molecule has 6 heteroatoms. The molecule has 0 aromatic rings. The van der Waals surface area contributed by atoms with Crippen molar-refractivity contribution in [3.05, 3.63) is 146 Å². The van der Waals surface area contributed by atoms with Crippen molar-refractivity contribution in [2.45, 2.75) is 219 Å². The van der Waals surface area contributed by atoms with Crippen molar-refractivity contribution in [2.24, 2.45) is 0 Å². The van der Waals surface area contributed by atoms with Gasteiger partial charge in [0.05, 0.1) is 0 Å². The van der Waals surface area contributed by atoms with E-state index >= 15 is 0 Å². The van der Waals surface area contributed by atoms with Crippen LogP contribution in [-0.2, 0) is 28.6 Å². The molecule has 0 saturated heterocycles. The zero-order chi connectivity index (χ0) is 50.0. The molecule has 0 heterocycles. The van der Waals surface area contributed by atoms with E-state index in [1.807, 2.05) is 0 Å². The summed E-state index contributed by atoms with van der Waals surface area (Å²) in [5, 5.41) is 0. The van der Waals surface area contributed by atoms with Crippen LogP contribution in [0.1, 0.15) is 213 Å². The molecule has 386 valence electrons. The highest BCUT2D eigenvalue weighted by Crippen LogP contribution is 2.12. The maximum absolute atomic E-state index is 12.8. The number of unbranched alkanes of at least 4 members (excludes halogenated alkanes) is 12. The number of allylic oxidation sites excluding steroid dienone is 24. The minimum absolute atomic E-state index is 0.110. The van der Waals surface area contributed by atoms with Gasteiger partial charge in [0, 0.05) is 19.3 Å². The van der Waals surface area contributed by atoms with Crippen LogP contribution in [0.25, 0.3) is 0 Å². The summed E-state index contributed by atoms with van der Waals surface area (Å²) in [5.74, 6) is -0.996. The molecular weight excluding hydrogens is 853 g/mol. The van der Waals surface area contributed by atoms with Crippen LogP contribution in [0, 0.1) is 0 Å². The Kier molecular flexibility index (Phi) is 52.1. The monoisotopic (exact) mass is 951 g/mol. The molecule has 0 rings (SSSR count). The number of hydrogen-bond donors (Lipinski definition) is 0. The normalized spacial score (nSPS) is 13.3. The fourth-order valence-electron chi connectivity index (χ4n) is 6.80. The number of ether oxygens (including phenoxy) is 3. The zero-order valence-electron chi connectivity index (χ0n) is 44.0. The van der Waals surface area contributed by atoms with Crippen molar-refractivity contribution in [3.63, 3.8) is 0 Å². The Morgan fingerprint density at radius 1 is 0.304 bits per heavy atom. The summed E-state index contributed by atoms with van der Waals surface area (Å²) in [4.78, 5) is 37.9. The van der Waals surface area contributed by atoms with Gasteiger partial charge < -0.3 is 14.2 Å². The van der Waals surface area contributed by atoms with E-state index in [4.69, 9.17) is 14.2 Å². The smallest absolute Gasteiger partial charge is 0.306 e. The lowest BCUT2D eigenvalue weighted by Crippen LogP contribution is -2.30. The SMILES string of the molecule is CC/C=C\C/C=C\C/C=C\C/C=C\C/C=C\C/C=C\CCCCCCC(=O)OCC(COC(=O)CCCCCCCCC)OC(=O)CCCC/C=C\C/C=C\C/C=C\C/C=C\C/C=C\C/C=C\CC. The molecule has 1 unspecified atom stereocenters. The van der Waals surface area contributed by atoms with Gasteiger partial charge in [-0.25, -0.2) is 0 Å². The first-order valence-corrected chi connectivity index (χ1v) is 27.3. The molecule has 1 atom stereocenters. The Balaban J connectivity index is 4.40. The lowest BCUT2D eigenvalue weighted by Gasteiger charge is -2.18. The Morgan fingerprint density at radius 2 is 0.565 bits per heavy atom. The van der Waals surface area contributed by atoms with E-state index in [2.05, 4.69) is 167 Å². The van der Waals surface area contributed by atoms with Crippen LogP contribution in [0.4, 0.5) is 0 Å². The maximum Gasteiger partial charge on any atom is 0.306 e. The topological polar surface area (TPSA) is 78.9 Å². The third-order valence-corrected chi connectivity index (χ3v) is 10.8. The summed E-state index contributed by atoms with van der Waals surface area (Å²) in [6.07, 6.45) is 80.0. The van der Waals surface area contributed by atoms with E-state index in [0.717, 1.165) is 141 Å². The molecule has 69 heavy (non-hydrogen) atoms. The summed E-state index contributed by atoms with van der Waals surface area (Å²) in [6, 6.07) is 0. The molecule has 0 aromatic carbocycles. The lowest BCUT2D eigenvalue weighted by molar-refractivity contribution is -0.167. The van der Waals surface area contributed by atoms with Gasteiger partial charge in [0.15, 0.2) is 6.10 Å². The minimum atomic E-state index is -0.816. The Labute approximate surface area is 423 Å². The first-order chi connectivity index (χ1) is 34.0. The predicted octanol–water partition coefficient (Wildman–Crippen LogP) is 18.4. The zero-order valence-corrected chi connectivity index (χ0v) is 44.0. The number of hydrogen-bond acceptors (Lipinski definition) is 6. The fraction of sp³-hybridized carbons (Fsp3) is 0.571. The second-order valence-electron chi connectivity index (χ2n) is 17.4. The first kappa shape index (κ1) is 64.3. The van der Waals surface area contributed by atoms with Gasteiger partial charge in [-0.05, 0) is 122 Å². The molecule has 0 aromatic heterocycles. The number of carbonyl (C=O) groups excluding carboxylic acids is 3. The van der Waals surface area contributed by atoms with E-state index in [0.29, 0.717) is 19.3 Å². The van der Waals surface area contributed by atoms with Crippen LogP contribution in [0.5, 0.6) is 0 Å². The van der Waals surface area contributed by atoms with Gasteiger partial charge in [0.1, 0.15) is 13.2 Å². The molecule has 0 N–H and O–H groups in total. The van der Waals surface area contributed by atoms with Crippen molar-refractivity contribution < 1.29 is 28.6 Å². The standard InChI is InChI=1S/C63H98O6/c1-4-7-10-13-16-18-20-22-24-26-28-30-31-33-34-36-38-40-42-44-47-50-53-56-62(65)68-59-60(58-67-61(64)55-52-49-46-15-12-9-6-3)69-63(66)57-54-51-48-45-43-41-39-37-35-32-29-27-25-23-21-19-17-14-11-8-5-2/h7-8,10-11,16-19,22-25,28-30,32-34,37-40,43,45,60H,4-6,9,12-15,20-21,26-27,31,35-36,41-42,44,46-59H2,1-3H3/b10-7-,11-8-,18-16-,19-17-,24-22-,25-23-,30-28-,32-29-,34-33-,39-37-,40-38-,45-43-. The third kappa shape index (κ3) is 54.1. The Morgan fingerprint density at radius 3 is 0.913 bits per heavy atom. The average Bonchev–Trinajstić information content (AvgIpc) is 3.35. The van der Waals surface area contributed by atoms with Crippen LogP contribution < -0.4 is 0 Å². The first-order valence-electron chi connectivity index (χ1n) is 27.3. The summed E-state index contributed by atoms with van der Waals surface area (Å²) in [7, 11) is 0. The molecule has 0 aliphatic rings. The number of esters is 3. The molecule has 0 spiro atoms. The van der Waals surface area contributed by atoms with Gasteiger partial charge in [0.25, 0.3) is 0 Å². The van der Waals surface area contributed by atoms with E-state index in [1.54, 1.807) is 0 Å². The van der Waals surface area contributed by atoms with E-state index in [-0.39, 0.29) is 37.5 Å². The lowest BCUT2D eigenvalue weighted by atomic mass is 10.1. The van der Waals surface area contributed by atoms with Gasteiger partial charge in [-0.15, -0.1) is 0 Å².